The van der Waals surface area contributed by atoms with Crippen molar-refractivity contribution in [1.82, 2.24) is 25.0 Å². The quantitative estimate of drug-likeness (QED) is 0.597. The van der Waals surface area contributed by atoms with Gasteiger partial charge in [-0.2, -0.15) is 5.10 Å². The van der Waals surface area contributed by atoms with Crippen molar-refractivity contribution in [3.63, 3.8) is 0 Å². The number of likely N-dealkylation sites (tertiary alicyclic amines) is 1. The number of aryl methyl sites for hydroxylation is 1. The molecule has 0 saturated carbocycles. The summed E-state index contributed by atoms with van der Waals surface area (Å²) < 4.78 is 2.68. The Morgan fingerprint density at radius 1 is 1.32 bits per heavy atom. The molecule has 4 rings (SSSR count). The number of amides is 2. The van der Waals surface area contributed by atoms with Crippen LogP contribution in [0.25, 0.3) is 10.2 Å². The zero-order valence-corrected chi connectivity index (χ0v) is 16.5. The molecule has 9 heteroatoms. The van der Waals surface area contributed by atoms with Crippen molar-refractivity contribution in [2.45, 2.75) is 19.3 Å². The van der Waals surface area contributed by atoms with E-state index < -0.39 is 0 Å². The molecule has 0 bridgehead atoms. The van der Waals surface area contributed by atoms with Crippen molar-refractivity contribution in [2.24, 2.45) is 7.05 Å². The Morgan fingerprint density at radius 3 is 2.96 bits per heavy atom. The van der Waals surface area contributed by atoms with Gasteiger partial charge in [-0.25, -0.2) is 4.98 Å². The van der Waals surface area contributed by atoms with E-state index in [2.05, 4.69) is 20.7 Å². The van der Waals surface area contributed by atoms with Gasteiger partial charge in [0.05, 0.1) is 16.4 Å². The van der Waals surface area contributed by atoms with Crippen molar-refractivity contribution in [2.75, 3.05) is 25.0 Å². The lowest BCUT2D eigenvalue weighted by molar-refractivity contribution is -0.127. The highest BCUT2D eigenvalue weighted by Crippen LogP contribution is 2.28. The average Bonchev–Trinajstić information content (AvgIpc) is 3.39. The molecular formula is C19H22N6O2S. The number of nitrogens with one attached hydrogen (secondary N) is 2. The number of carbonyl (C=O) groups is 2. The van der Waals surface area contributed by atoms with Gasteiger partial charge >= 0.3 is 0 Å². The molecule has 2 aromatic heterocycles. The van der Waals surface area contributed by atoms with Gasteiger partial charge in [0, 0.05) is 44.7 Å². The van der Waals surface area contributed by atoms with E-state index in [0.717, 1.165) is 40.6 Å². The summed E-state index contributed by atoms with van der Waals surface area (Å²) >= 11 is 1.49. The summed E-state index contributed by atoms with van der Waals surface area (Å²) in [5.74, 6) is 0.968. The van der Waals surface area contributed by atoms with Crippen LogP contribution < -0.4 is 10.6 Å². The minimum Gasteiger partial charge on any atom is -0.352 e. The molecule has 0 unspecified atom stereocenters. The molecule has 0 atom stereocenters. The maximum Gasteiger partial charge on any atom is 0.251 e. The van der Waals surface area contributed by atoms with Crippen LogP contribution in [0.1, 0.15) is 29.6 Å². The monoisotopic (exact) mass is 398 g/mol. The number of fused-ring (bicyclic) bond motifs is 1. The number of thiazole rings is 1. The van der Waals surface area contributed by atoms with Gasteiger partial charge in [-0.05, 0) is 31.0 Å². The highest BCUT2D eigenvalue weighted by Gasteiger charge is 2.19. The predicted molar refractivity (Wildman–Crippen MR) is 109 cm³/mol. The third kappa shape index (κ3) is 3.99. The van der Waals surface area contributed by atoms with E-state index in [0.29, 0.717) is 25.1 Å². The predicted octanol–water partition coefficient (Wildman–Crippen LogP) is 2.52. The second-order valence-corrected chi connectivity index (χ2v) is 7.79. The number of benzene rings is 1. The summed E-state index contributed by atoms with van der Waals surface area (Å²) in [6.45, 7) is 2.09. The fourth-order valence-corrected chi connectivity index (χ4v) is 4.15. The molecule has 2 N–H and O–H groups in total. The van der Waals surface area contributed by atoms with Gasteiger partial charge < -0.3 is 15.5 Å². The number of anilines is 2. The van der Waals surface area contributed by atoms with Crippen molar-refractivity contribution in [3.8, 4) is 0 Å². The number of carbonyl (C=O) groups excluding carboxylic acids is 2. The molecule has 1 fully saturated rings. The first-order chi connectivity index (χ1) is 13.6. The largest absolute Gasteiger partial charge is 0.352 e. The SMILES string of the molecule is Cn1nccc1Nc1nc2ccc(C(=O)NCCCN3CCCC3=O)cc2s1. The maximum absolute atomic E-state index is 12.4. The topological polar surface area (TPSA) is 92.2 Å². The Kier molecular flexibility index (Phi) is 5.25. The molecular weight excluding hydrogens is 376 g/mol. The van der Waals surface area contributed by atoms with Crippen molar-refractivity contribution >= 4 is 44.3 Å². The second kappa shape index (κ2) is 7.97. The maximum atomic E-state index is 12.4. The minimum absolute atomic E-state index is 0.107. The zero-order chi connectivity index (χ0) is 19.5. The summed E-state index contributed by atoms with van der Waals surface area (Å²) in [5, 5.41) is 11.1. The number of hydrogen-bond donors (Lipinski definition) is 2. The van der Waals surface area contributed by atoms with Crippen LogP contribution in [0, 0.1) is 0 Å². The molecule has 0 aliphatic carbocycles. The Labute approximate surface area is 166 Å². The van der Waals surface area contributed by atoms with Gasteiger partial charge in [-0.15, -0.1) is 0 Å². The van der Waals surface area contributed by atoms with Gasteiger partial charge in [-0.1, -0.05) is 11.3 Å². The van der Waals surface area contributed by atoms with Gasteiger partial charge in [-0.3, -0.25) is 14.3 Å². The molecule has 3 heterocycles. The molecule has 8 nitrogen and oxygen atoms in total. The second-order valence-electron chi connectivity index (χ2n) is 6.76. The van der Waals surface area contributed by atoms with Crippen molar-refractivity contribution < 1.29 is 9.59 Å². The van der Waals surface area contributed by atoms with E-state index in [1.54, 1.807) is 16.9 Å². The van der Waals surface area contributed by atoms with Gasteiger partial charge in [0.1, 0.15) is 5.82 Å². The summed E-state index contributed by atoms with van der Waals surface area (Å²) in [5.41, 5.74) is 1.46. The average molecular weight is 398 g/mol. The minimum atomic E-state index is -0.107. The molecule has 0 radical (unpaired) electrons. The van der Waals surface area contributed by atoms with Crippen LogP contribution >= 0.6 is 11.3 Å². The van der Waals surface area contributed by atoms with Crippen molar-refractivity contribution in [3.05, 3.63) is 36.0 Å². The molecule has 3 aromatic rings. The smallest absolute Gasteiger partial charge is 0.251 e. The lowest BCUT2D eigenvalue weighted by atomic mass is 10.2. The first kappa shape index (κ1) is 18.4. The zero-order valence-electron chi connectivity index (χ0n) is 15.6. The summed E-state index contributed by atoms with van der Waals surface area (Å²) in [7, 11) is 1.86. The normalized spacial score (nSPS) is 14.0. The van der Waals surface area contributed by atoms with E-state index in [9.17, 15) is 9.59 Å². The van der Waals surface area contributed by atoms with Crippen LogP contribution in [0.2, 0.25) is 0 Å². The lowest BCUT2D eigenvalue weighted by Crippen LogP contribution is -2.30. The number of nitrogens with zero attached hydrogens (tertiary/aromatic N) is 4. The Hall–Kier alpha value is -2.94. The molecule has 1 aliphatic heterocycles. The van der Waals surface area contributed by atoms with E-state index in [4.69, 9.17) is 0 Å². The van der Waals surface area contributed by atoms with Crippen LogP contribution in [-0.4, -0.2) is 51.1 Å². The molecule has 1 saturated heterocycles. The molecule has 28 heavy (non-hydrogen) atoms. The number of rotatable bonds is 7. The Bertz CT molecular complexity index is 1010. The third-order valence-corrected chi connectivity index (χ3v) is 5.70. The molecule has 2 amide bonds. The molecule has 0 spiro atoms. The number of aromatic nitrogens is 3. The highest BCUT2D eigenvalue weighted by molar-refractivity contribution is 7.22. The molecule has 146 valence electrons. The standard InChI is InChI=1S/C19H22N6O2S/c1-24-16(7-9-21-24)23-19-22-14-6-5-13(12-15(14)28-19)18(27)20-8-3-11-25-10-2-4-17(25)26/h5-7,9,12H,2-4,8,10-11H2,1H3,(H,20,27)(H,22,23). The van der Waals surface area contributed by atoms with Crippen LogP contribution in [-0.2, 0) is 11.8 Å². The Morgan fingerprint density at radius 2 is 2.21 bits per heavy atom. The molecule has 1 aromatic carbocycles. The number of hydrogen-bond acceptors (Lipinski definition) is 6. The summed E-state index contributed by atoms with van der Waals surface area (Å²) in [6.07, 6.45) is 4.08. The first-order valence-electron chi connectivity index (χ1n) is 9.32. The van der Waals surface area contributed by atoms with Crippen LogP contribution in [0.3, 0.4) is 0 Å². The third-order valence-electron chi connectivity index (χ3n) is 4.77. The lowest BCUT2D eigenvalue weighted by Gasteiger charge is -2.15. The Balaban J connectivity index is 1.35. The van der Waals surface area contributed by atoms with Crippen LogP contribution in [0.5, 0.6) is 0 Å². The van der Waals surface area contributed by atoms with E-state index in [-0.39, 0.29) is 11.8 Å². The van der Waals surface area contributed by atoms with Crippen molar-refractivity contribution in [1.29, 1.82) is 0 Å². The van der Waals surface area contributed by atoms with E-state index in [1.807, 2.05) is 30.1 Å². The van der Waals surface area contributed by atoms with E-state index in [1.165, 1.54) is 11.3 Å². The fourth-order valence-electron chi connectivity index (χ4n) is 3.24. The molecule has 1 aliphatic rings. The van der Waals surface area contributed by atoms with Gasteiger partial charge in [0.25, 0.3) is 5.91 Å². The highest BCUT2D eigenvalue weighted by atomic mass is 32.1. The van der Waals surface area contributed by atoms with Crippen LogP contribution in [0.4, 0.5) is 10.9 Å². The first-order valence-corrected chi connectivity index (χ1v) is 10.1. The fraction of sp³-hybridized carbons (Fsp3) is 0.368. The van der Waals surface area contributed by atoms with Gasteiger partial charge in [0.15, 0.2) is 5.13 Å². The summed E-state index contributed by atoms with van der Waals surface area (Å²) in [6, 6.07) is 7.38. The van der Waals surface area contributed by atoms with Crippen LogP contribution in [0.15, 0.2) is 30.5 Å². The van der Waals surface area contributed by atoms with Gasteiger partial charge in [0.2, 0.25) is 5.91 Å². The summed E-state index contributed by atoms with van der Waals surface area (Å²) in [4.78, 5) is 30.4. The van der Waals surface area contributed by atoms with E-state index >= 15 is 0 Å².